The van der Waals surface area contributed by atoms with Crippen molar-refractivity contribution in [2.45, 2.75) is 13.8 Å². The van der Waals surface area contributed by atoms with E-state index in [1.165, 1.54) is 0 Å². The number of nitrogens with one attached hydrogen (secondary N) is 1. The number of fused-ring (bicyclic) bond motifs is 1. The van der Waals surface area contributed by atoms with Gasteiger partial charge in [-0.05, 0) is 43.7 Å². The lowest BCUT2D eigenvalue weighted by atomic mass is 10.2. The Morgan fingerprint density at radius 1 is 1.00 bits per heavy atom. The Hall–Kier alpha value is -2.89. The van der Waals surface area contributed by atoms with E-state index in [0.717, 1.165) is 34.5 Å². The van der Waals surface area contributed by atoms with Gasteiger partial charge in [-0.15, -0.1) is 0 Å². The van der Waals surface area contributed by atoms with Crippen LogP contribution in [0.3, 0.4) is 0 Å². The zero-order valence-electron chi connectivity index (χ0n) is 15.1. The van der Waals surface area contributed by atoms with Gasteiger partial charge in [0.2, 0.25) is 11.6 Å². The van der Waals surface area contributed by atoms with Crippen LogP contribution in [0.4, 0.5) is 5.69 Å². The topological polar surface area (TPSA) is 65.8 Å². The molecule has 0 amide bonds. The highest BCUT2D eigenvalue weighted by molar-refractivity contribution is 5.83. The van der Waals surface area contributed by atoms with Crippen molar-refractivity contribution in [3.63, 3.8) is 0 Å². The van der Waals surface area contributed by atoms with Crippen LogP contribution < -0.4 is 19.5 Å². The van der Waals surface area contributed by atoms with Crippen molar-refractivity contribution >= 4 is 16.8 Å². The van der Waals surface area contributed by atoms with Crippen LogP contribution in [0.25, 0.3) is 22.6 Å². The molecular weight excluding hydrogens is 320 g/mol. The smallest absolute Gasteiger partial charge is 0.227 e. The monoisotopic (exact) mass is 342 g/mol. The molecule has 0 aliphatic carbocycles. The van der Waals surface area contributed by atoms with Gasteiger partial charge in [0.25, 0.3) is 0 Å². The van der Waals surface area contributed by atoms with Crippen molar-refractivity contribution in [3.8, 4) is 28.7 Å². The number of hydrogen-bond donors (Lipinski definition) is 1. The molecule has 0 saturated carbocycles. The van der Waals surface area contributed by atoms with E-state index in [4.69, 9.17) is 18.6 Å². The maximum atomic E-state index is 6.00. The van der Waals surface area contributed by atoms with Crippen molar-refractivity contribution in [2.24, 2.45) is 0 Å². The minimum atomic E-state index is 0.506. The number of aryl methyl sites for hydroxylation is 1. The number of anilines is 1. The molecule has 0 atom stereocenters. The first-order valence-electron chi connectivity index (χ1n) is 8.06. The average molecular weight is 342 g/mol. The van der Waals surface area contributed by atoms with Crippen molar-refractivity contribution in [1.29, 1.82) is 0 Å². The molecule has 2 aromatic carbocycles. The second-order valence-electron chi connectivity index (χ2n) is 5.60. The van der Waals surface area contributed by atoms with Crippen molar-refractivity contribution in [1.82, 2.24) is 4.98 Å². The molecular formula is C19H22N2O4. The van der Waals surface area contributed by atoms with E-state index in [-0.39, 0.29) is 0 Å². The number of hydrogen-bond acceptors (Lipinski definition) is 6. The molecule has 0 spiro atoms. The van der Waals surface area contributed by atoms with Crippen LogP contribution in [0.1, 0.15) is 12.5 Å². The molecule has 1 N–H and O–H groups in total. The third-order valence-corrected chi connectivity index (χ3v) is 3.97. The minimum absolute atomic E-state index is 0.506. The van der Waals surface area contributed by atoms with Gasteiger partial charge < -0.3 is 23.9 Å². The van der Waals surface area contributed by atoms with Crippen LogP contribution >= 0.6 is 0 Å². The van der Waals surface area contributed by atoms with Gasteiger partial charge in [0, 0.05) is 17.8 Å². The SMILES string of the molecule is CCNc1cc(C)c2oc(-c3cc(OC)c(OC)c(OC)c3)nc2c1. The highest BCUT2D eigenvalue weighted by atomic mass is 16.5. The fraction of sp³-hybridized carbons (Fsp3) is 0.316. The summed E-state index contributed by atoms with van der Waals surface area (Å²) in [7, 11) is 4.74. The summed E-state index contributed by atoms with van der Waals surface area (Å²) in [5.74, 6) is 2.16. The standard InChI is InChI=1S/C19H22N2O4/c1-6-20-13-7-11(2)17-14(10-13)21-19(25-17)12-8-15(22-3)18(24-5)16(9-12)23-4/h7-10,20H,6H2,1-5H3. The average Bonchev–Trinajstić information content (AvgIpc) is 3.05. The molecule has 6 heteroatoms. The Morgan fingerprint density at radius 2 is 1.68 bits per heavy atom. The first-order chi connectivity index (χ1) is 12.1. The number of oxazole rings is 1. The van der Waals surface area contributed by atoms with Gasteiger partial charge in [-0.25, -0.2) is 4.98 Å². The van der Waals surface area contributed by atoms with E-state index in [9.17, 15) is 0 Å². The van der Waals surface area contributed by atoms with Gasteiger partial charge in [-0.2, -0.15) is 0 Å². The fourth-order valence-corrected chi connectivity index (χ4v) is 2.83. The van der Waals surface area contributed by atoms with Gasteiger partial charge >= 0.3 is 0 Å². The lowest BCUT2D eigenvalue weighted by Gasteiger charge is -2.12. The zero-order chi connectivity index (χ0) is 18.0. The van der Waals surface area contributed by atoms with Crippen LogP contribution in [0.5, 0.6) is 17.2 Å². The summed E-state index contributed by atoms with van der Waals surface area (Å²) >= 11 is 0. The number of nitrogens with zero attached hydrogens (tertiary/aromatic N) is 1. The Kier molecular flexibility index (Phi) is 4.70. The first-order valence-corrected chi connectivity index (χ1v) is 8.06. The highest BCUT2D eigenvalue weighted by Crippen LogP contribution is 2.41. The number of benzene rings is 2. The summed E-state index contributed by atoms with van der Waals surface area (Å²) in [6, 6.07) is 7.69. The molecule has 0 aliphatic rings. The predicted octanol–water partition coefficient (Wildman–Crippen LogP) is 4.26. The summed E-state index contributed by atoms with van der Waals surface area (Å²) in [5.41, 5.74) is 4.39. The quantitative estimate of drug-likeness (QED) is 0.722. The molecule has 0 bridgehead atoms. The Morgan fingerprint density at radius 3 is 2.24 bits per heavy atom. The Balaban J connectivity index is 2.14. The number of methoxy groups -OCH3 is 3. The third kappa shape index (κ3) is 3.07. The van der Waals surface area contributed by atoms with Gasteiger partial charge in [0.1, 0.15) is 5.52 Å². The minimum Gasteiger partial charge on any atom is -0.493 e. The van der Waals surface area contributed by atoms with Crippen molar-refractivity contribution in [3.05, 3.63) is 29.8 Å². The normalized spacial score (nSPS) is 10.8. The maximum absolute atomic E-state index is 6.00. The maximum Gasteiger partial charge on any atom is 0.227 e. The molecule has 0 unspecified atom stereocenters. The summed E-state index contributed by atoms with van der Waals surface area (Å²) in [5, 5.41) is 3.30. The van der Waals surface area contributed by atoms with E-state index in [1.54, 1.807) is 21.3 Å². The van der Waals surface area contributed by atoms with Gasteiger partial charge in [-0.1, -0.05) is 0 Å². The molecule has 1 heterocycles. The van der Waals surface area contributed by atoms with E-state index in [0.29, 0.717) is 23.1 Å². The lowest BCUT2D eigenvalue weighted by Crippen LogP contribution is -1.96. The van der Waals surface area contributed by atoms with Crippen molar-refractivity contribution < 1.29 is 18.6 Å². The molecule has 3 aromatic rings. The number of aromatic nitrogens is 1. The fourth-order valence-electron chi connectivity index (χ4n) is 2.83. The number of ether oxygens (including phenoxy) is 3. The van der Waals surface area contributed by atoms with E-state index >= 15 is 0 Å². The molecule has 1 aromatic heterocycles. The molecule has 3 rings (SSSR count). The summed E-state index contributed by atoms with van der Waals surface area (Å²) in [4.78, 5) is 4.63. The van der Waals surface area contributed by atoms with E-state index in [2.05, 4.69) is 23.3 Å². The van der Waals surface area contributed by atoms with E-state index in [1.807, 2.05) is 25.1 Å². The van der Waals surface area contributed by atoms with Crippen molar-refractivity contribution in [2.75, 3.05) is 33.2 Å². The Bertz CT molecular complexity index is 877. The van der Waals surface area contributed by atoms with E-state index < -0.39 is 0 Å². The Labute approximate surface area is 146 Å². The zero-order valence-corrected chi connectivity index (χ0v) is 15.1. The highest BCUT2D eigenvalue weighted by Gasteiger charge is 2.18. The second kappa shape index (κ2) is 6.93. The van der Waals surface area contributed by atoms with Gasteiger partial charge in [0.15, 0.2) is 17.1 Å². The van der Waals surface area contributed by atoms with Gasteiger partial charge in [0.05, 0.1) is 21.3 Å². The van der Waals surface area contributed by atoms with Crippen LogP contribution in [-0.4, -0.2) is 32.9 Å². The van der Waals surface area contributed by atoms with Crippen LogP contribution in [-0.2, 0) is 0 Å². The lowest BCUT2D eigenvalue weighted by molar-refractivity contribution is 0.324. The predicted molar refractivity (Wildman–Crippen MR) is 98.0 cm³/mol. The number of rotatable bonds is 6. The van der Waals surface area contributed by atoms with Crippen LogP contribution in [0.2, 0.25) is 0 Å². The molecule has 0 aliphatic heterocycles. The molecule has 0 saturated heterocycles. The summed E-state index contributed by atoms with van der Waals surface area (Å²) in [6.45, 7) is 4.92. The summed E-state index contributed by atoms with van der Waals surface area (Å²) in [6.07, 6.45) is 0. The third-order valence-electron chi connectivity index (χ3n) is 3.97. The van der Waals surface area contributed by atoms with Gasteiger partial charge in [-0.3, -0.25) is 0 Å². The second-order valence-corrected chi connectivity index (χ2v) is 5.60. The molecule has 0 fully saturated rings. The van der Waals surface area contributed by atoms with Crippen LogP contribution in [0.15, 0.2) is 28.7 Å². The molecule has 0 radical (unpaired) electrons. The largest absolute Gasteiger partial charge is 0.493 e. The van der Waals surface area contributed by atoms with Crippen LogP contribution in [0, 0.1) is 6.92 Å². The molecule has 25 heavy (non-hydrogen) atoms. The molecule has 6 nitrogen and oxygen atoms in total. The first kappa shape index (κ1) is 17.0. The summed E-state index contributed by atoms with van der Waals surface area (Å²) < 4.78 is 22.2. The molecule has 132 valence electrons.